The number of amides is 1. The van der Waals surface area contributed by atoms with Crippen molar-refractivity contribution >= 4 is 34.5 Å². The van der Waals surface area contributed by atoms with Crippen LogP contribution in [-0.4, -0.2) is 34.8 Å². The molecule has 1 unspecified atom stereocenters. The second-order valence-corrected chi connectivity index (χ2v) is 11.0. The number of aryl methyl sites for hydroxylation is 1. The number of methoxy groups -OCH3 is 1. The normalized spacial score (nSPS) is 17.4. The first-order valence-electron chi connectivity index (χ1n) is 13.5. The molecule has 0 saturated carbocycles. The number of fused-ring (bicyclic) bond motifs is 3. The van der Waals surface area contributed by atoms with Gasteiger partial charge in [-0.05, 0) is 65.4 Å². The summed E-state index contributed by atoms with van der Waals surface area (Å²) in [4.78, 5) is 33.1. The van der Waals surface area contributed by atoms with Gasteiger partial charge < -0.3 is 9.47 Å². The predicted molar refractivity (Wildman–Crippen MR) is 161 cm³/mol. The number of esters is 1. The number of thioether (sulfide) groups is 1. The Morgan fingerprint density at radius 1 is 0.902 bits per heavy atom. The number of aliphatic imine (C=N–C) groups is 1. The molecule has 41 heavy (non-hydrogen) atoms. The topological polar surface area (TPSA) is 68.2 Å². The lowest BCUT2D eigenvalue weighted by atomic mass is 9.82. The summed E-state index contributed by atoms with van der Waals surface area (Å²) < 4.78 is 11.6. The number of amidine groups is 1. The van der Waals surface area contributed by atoms with Crippen molar-refractivity contribution in [2.45, 2.75) is 18.9 Å². The second-order valence-electron chi connectivity index (χ2n) is 10.1. The van der Waals surface area contributed by atoms with Crippen molar-refractivity contribution in [1.82, 2.24) is 4.90 Å². The number of nitrogens with zero attached hydrogens (tertiary/aromatic N) is 2. The van der Waals surface area contributed by atoms with Gasteiger partial charge in [0.15, 0.2) is 5.17 Å². The van der Waals surface area contributed by atoms with E-state index in [1.165, 1.54) is 11.8 Å². The molecule has 1 amide bonds. The van der Waals surface area contributed by atoms with Crippen LogP contribution in [0.2, 0.25) is 0 Å². The Morgan fingerprint density at radius 2 is 1.68 bits per heavy atom. The molecule has 0 aromatic heterocycles. The molecule has 7 heteroatoms. The second kappa shape index (κ2) is 10.4. The van der Waals surface area contributed by atoms with E-state index in [0.717, 1.165) is 57.7 Å². The molecule has 4 aromatic carbocycles. The van der Waals surface area contributed by atoms with Crippen molar-refractivity contribution in [3.05, 3.63) is 125 Å². The van der Waals surface area contributed by atoms with E-state index in [2.05, 4.69) is 0 Å². The maximum atomic E-state index is 13.3. The van der Waals surface area contributed by atoms with Gasteiger partial charge in [0.05, 0.1) is 30.2 Å². The Labute approximate surface area is 242 Å². The number of carbonyl (C=O) groups excluding carboxylic acids is 2. The number of rotatable bonds is 5. The Bertz CT molecular complexity index is 1760. The number of hydrogen-bond donors (Lipinski definition) is 0. The lowest BCUT2D eigenvalue weighted by Gasteiger charge is -2.37. The van der Waals surface area contributed by atoms with Gasteiger partial charge in [-0.1, -0.05) is 78.5 Å². The van der Waals surface area contributed by atoms with Gasteiger partial charge in [-0.2, -0.15) is 0 Å². The summed E-state index contributed by atoms with van der Waals surface area (Å²) in [5.41, 5.74) is 7.33. The van der Waals surface area contributed by atoms with E-state index in [4.69, 9.17) is 14.5 Å². The fourth-order valence-electron chi connectivity index (χ4n) is 5.91. The van der Waals surface area contributed by atoms with Crippen molar-refractivity contribution in [2.24, 2.45) is 4.99 Å². The van der Waals surface area contributed by atoms with E-state index in [-0.39, 0.29) is 11.9 Å². The van der Waals surface area contributed by atoms with Crippen LogP contribution in [0, 0.1) is 0 Å². The Kier molecular flexibility index (Phi) is 6.44. The van der Waals surface area contributed by atoms with Gasteiger partial charge in [-0.15, -0.1) is 0 Å². The molecule has 1 aliphatic carbocycles. The van der Waals surface area contributed by atoms with E-state index >= 15 is 0 Å². The third-order valence-electron chi connectivity index (χ3n) is 7.77. The van der Waals surface area contributed by atoms with Crippen LogP contribution < -0.4 is 9.47 Å². The Balaban J connectivity index is 1.24. The molecule has 0 N–H and O–H groups in total. The van der Waals surface area contributed by atoms with E-state index < -0.39 is 5.97 Å². The highest BCUT2D eigenvalue weighted by Gasteiger charge is 2.43. The first kappa shape index (κ1) is 25.4. The van der Waals surface area contributed by atoms with Crippen LogP contribution in [0.3, 0.4) is 0 Å². The number of para-hydroxylation sites is 1. The Hall–Kier alpha value is -4.62. The summed E-state index contributed by atoms with van der Waals surface area (Å²) in [5, 5.41) is 0.713. The highest BCUT2D eigenvalue weighted by Crippen LogP contribution is 2.49. The number of hydrogen-bond acceptors (Lipinski definition) is 6. The number of benzene rings is 4. The van der Waals surface area contributed by atoms with E-state index in [1.54, 1.807) is 13.2 Å². The Morgan fingerprint density at radius 3 is 2.54 bits per heavy atom. The summed E-state index contributed by atoms with van der Waals surface area (Å²) in [5.74, 6) is 1.28. The molecule has 1 saturated heterocycles. The van der Waals surface area contributed by atoms with Crippen LogP contribution in [0.4, 0.5) is 0 Å². The molecule has 0 spiro atoms. The van der Waals surface area contributed by atoms with Gasteiger partial charge in [0.25, 0.3) is 0 Å². The molecule has 0 radical (unpaired) electrons. The minimum absolute atomic E-state index is 0.0556. The maximum absolute atomic E-state index is 13.3. The molecule has 6 nitrogen and oxygen atoms in total. The summed E-state index contributed by atoms with van der Waals surface area (Å²) in [6, 6.07) is 30.7. The molecule has 3 aliphatic rings. The summed E-state index contributed by atoms with van der Waals surface area (Å²) in [6.07, 6.45) is 1.47. The fourth-order valence-corrected chi connectivity index (χ4v) is 6.80. The van der Waals surface area contributed by atoms with E-state index in [9.17, 15) is 9.59 Å². The molecule has 0 bridgehead atoms. The van der Waals surface area contributed by atoms with E-state index in [1.807, 2.05) is 95.9 Å². The zero-order valence-electron chi connectivity index (χ0n) is 22.4. The molecule has 7 rings (SSSR count). The molecule has 2 aliphatic heterocycles. The number of ether oxygens (including phenoxy) is 2. The quantitative estimate of drug-likeness (QED) is 0.196. The highest BCUT2D eigenvalue weighted by molar-refractivity contribution is 8.15. The van der Waals surface area contributed by atoms with Gasteiger partial charge >= 0.3 is 5.97 Å². The van der Waals surface area contributed by atoms with E-state index in [0.29, 0.717) is 22.2 Å². The zero-order chi connectivity index (χ0) is 27.9. The molecule has 202 valence electrons. The van der Waals surface area contributed by atoms with Gasteiger partial charge in [0, 0.05) is 11.1 Å². The van der Waals surface area contributed by atoms with Crippen molar-refractivity contribution in [2.75, 3.05) is 12.9 Å². The molecule has 1 fully saturated rings. The van der Waals surface area contributed by atoms with Crippen LogP contribution in [0.1, 0.15) is 39.5 Å². The van der Waals surface area contributed by atoms with Gasteiger partial charge in [0.2, 0.25) is 5.91 Å². The van der Waals surface area contributed by atoms with Crippen LogP contribution in [0.25, 0.3) is 16.8 Å². The molecule has 4 aromatic rings. The fraction of sp³-hybridized carbons (Fsp3) is 0.147. The third-order valence-corrected chi connectivity index (χ3v) is 8.71. The standard InChI is InChI=1S/C34H26N2O4S/c1-39-29-14-8-7-13-27(29)32-28-17-15-22-19-23(16-18-25(22)31(28)35-34-36(32)30(37)20-41-34)40-33(38)26-12-6-5-11-24(26)21-9-3-2-4-10-21/h2-14,16,18-19,32H,15,17,20H2,1H3. The molecule has 1 atom stereocenters. The van der Waals surface area contributed by atoms with Crippen LogP contribution >= 0.6 is 11.8 Å². The zero-order valence-corrected chi connectivity index (χ0v) is 23.2. The smallest absolute Gasteiger partial charge is 0.344 e. The van der Waals surface area contributed by atoms with Gasteiger partial charge in [-0.3, -0.25) is 9.69 Å². The van der Waals surface area contributed by atoms with Crippen LogP contribution in [-0.2, 0) is 11.2 Å². The summed E-state index contributed by atoms with van der Waals surface area (Å²) in [7, 11) is 1.66. The predicted octanol–water partition coefficient (Wildman–Crippen LogP) is 6.93. The lowest BCUT2D eigenvalue weighted by Crippen LogP contribution is -2.38. The summed E-state index contributed by atoms with van der Waals surface area (Å²) >= 11 is 1.47. The minimum Gasteiger partial charge on any atom is -0.496 e. The average Bonchev–Trinajstić information content (AvgIpc) is 3.40. The molecular formula is C34H26N2O4S. The number of carbonyl (C=O) groups is 2. The first-order chi connectivity index (χ1) is 20.1. The van der Waals surface area contributed by atoms with Crippen molar-refractivity contribution in [1.29, 1.82) is 0 Å². The molecule has 2 heterocycles. The van der Waals surface area contributed by atoms with Crippen molar-refractivity contribution in [3.8, 4) is 22.6 Å². The largest absolute Gasteiger partial charge is 0.496 e. The lowest BCUT2D eigenvalue weighted by molar-refractivity contribution is -0.125. The summed E-state index contributed by atoms with van der Waals surface area (Å²) in [6.45, 7) is 0. The average molecular weight is 559 g/mol. The highest BCUT2D eigenvalue weighted by atomic mass is 32.2. The minimum atomic E-state index is -0.397. The van der Waals surface area contributed by atoms with Crippen molar-refractivity contribution < 1.29 is 19.1 Å². The van der Waals surface area contributed by atoms with Gasteiger partial charge in [0.1, 0.15) is 11.5 Å². The van der Waals surface area contributed by atoms with Crippen LogP contribution in [0.5, 0.6) is 11.5 Å². The van der Waals surface area contributed by atoms with Gasteiger partial charge in [-0.25, -0.2) is 9.79 Å². The first-order valence-corrected chi connectivity index (χ1v) is 14.5. The third kappa shape index (κ3) is 4.43. The molecular weight excluding hydrogens is 532 g/mol. The maximum Gasteiger partial charge on any atom is 0.344 e. The monoisotopic (exact) mass is 558 g/mol. The van der Waals surface area contributed by atoms with Crippen LogP contribution in [0.15, 0.2) is 108 Å². The SMILES string of the molecule is COc1ccccc1C1C2=C(N=C3SCC(=O)N31)c1ccc(OC(=O)c3ccccc3-c3ccccc3)cc1CC2. The van der Waals surface area contributed by atoms with Crippen molar-refractivity contribution in [3.63, 3.8) is 0 Å².